The molecule has 2 rings (SSSR count). The summed E-state index contributed by atoms with van der Waals surface area (Å²) >= 11 is 1.35. The third kappa shape index (κ3) is 3.37. The highest BCUT2D eigenvalue weighted by atomic mass is 32.1. The molecule has 0 aliphatic rings. The lowest BCUT2D eigenvalue weighted by atomic mass is 10.00. The summed E-state index contributed by atoms with van der Waals surface area (Å²) in [5.41, 5.74) is -0.382. The van der Waals surface area contributed by atoms with Gasteiger partial charge in [-0.3, -0.25) is 0 Å². The van der Waals surface area contributed by atoms with Crippen molar-refractivity contribution in [3.8, 4) is 0 Å². The molecule has 2 aromatic rings. The molecule has 108 valence electrons. The van der Waals surface area contributed by atoms with Crippen LogP contribution in [0.15, 0.2) is 35.8 Å². The molecule has 1 aromatic heterocycles. The van der Waals surface area contributed by atoms with E-state index < -0.39 is 17.8 Å². The van der Waals surface area contributed by atoms with Gasteiger partial charge in [0.05, 0.1) is 11.6 Å². The zero-order valence-corrected chi connectivity index (χ0v) is 11.8. The zero-order valence-electron chi connectivity index (χ0n) is 10.9. The van der Waals surface area contributed by atoms with Crippen LogP contribution in [0.4, 0.5) is 13.2 Å². The average Bonchev–Trinajstić information content (AvgIpc) is 2.92. The number of aromatic nitrogens is 1. The van der Waals surface area contributed by atoms with Gasteiger partial charge in [-0.2, -0.15) is 13.2 Å². The number of hydrogen-bond acceptors (Lipinski definition) is 3. The third-order valence-corrected chi connectivity index (χ3v) is 3.71. The van der Waals surface area contributed by atoms with Gasteiger partial charge < -0.3 is 5.32 Å². The fraction of sp³-hybridized carbons (Fsp3) is 0.357. The Bertz CT molecular complexity index is 538. The molecule has 0 bridgehead atoms. The van der Waals surface area contributed by atoms with Crippen molar-refractivity contribution in [1.29, 1.82) is 0 Å². The van der Waals surface area contributed by atoms with Crippen LogP contribution in [0.1, 0.15) is 35.5 Å². The Morgan fingerprint density at radius 1 is 1.30 bits per heavy atom. The minimum Gasteiger partial charge on any atom is -0.304 e. The first-order valence-corrected chi connectivity index (χ1v) is 7.21. The summed E-state index contributed by atoms with van der Waals surface area (Å²) < 4.78 is 39.4. The molecule has 20 heavy (non-hydrogen) atoms. The van der Waals surface area contributed by atoms with E-state index in [-0.39, 0.29) is 5.56 Å². The van der Waals surface area contributed by atoms with Crippen molar-refractivity contribution in [2.24, 2.45) is 0 Å². The van der Waals surface area contributed by atoms with Gasteiger partial charge >= 0.3 is 6.18 Å². The number of nitrogens with zero attached hydrogens (tertiary/aromatic N) is 1. The molecule has 0 fully saturated rings. The van der Waals surface area contributed by atoms with Crippen LogP contribution in [0.3, 0.4) is 0 Å². The first-order chi connectivity index (χ1) is 9.54. The summed E-state index contributed by atoms with van der Waals surface area (Å²) in [6.07, 6.45) is -1.91. The standard InChI is InChI=1S/C14H15F3N2S/c1-2-7-18-12(13-19-8-9-20-13)10-5-3-4-6-11(10)14(15,16)17/h3-6,8-9,12,18H,2,7H2,1H3. The number of rotatable bonds is 5. The van der Waals surface area contributed by atoms with Gasteiger partial charge in [-0.25, -0.2) is 4.98 Å². The maximum Gasteiger partial charge on any atom is 0.416 e. The quantitative estimate of drug-likeness (QED) is 0.893. The van der Waals surface area contributed by atoms with E-state index in [0.29, 0.717) is 11.6 Å². The summed E-state index contributed by atoms with van der Waals surface area (Å²) in [6.45, 7) is 2.61. The molecule has 1 aromatic carbocycles. The monoisotopic (exact) mass is 300 g/mol. The lowest BCUT2D eigenvalue weighted by Crippen LogP contribution is -2.25. The summed E-state index contributed by atoms with van der Waals surface area (Å²) in [4.78, 5) is 4.16. The number of alkyl halides is 3. The minimum atomic E-state index is -4.36. The highest BCUT2D eigenvalue weighted by Crippen LogP contribution is 2.36. The van der Waals surface area contributed by atoms with E-state index in [9.17, 15) is 13.2 Å². The molecule has 0 saturated carbocycles. The second-order valence-electron chi connectivity index (χ2n) is 4.34. The lowest BCUT2D eigenvalue weighted by molar-refractivity contribution is -0.138. The topological polar surface area (TPSA) is 24.9 Å². The SMILES string of the molecule is CCCNC(c1nccs1)c1ccccc1C(F)(F)F. The summed E-state index contributed by atoms with van der Waals surface area (Å²) in [5.74, 6) is 0. The van der Waals surface area contributed by atoms with Crippen molar-refractivity contribution >= 4 is 11.3 Å². The Hall–Kier alpha value is -1.40. The predicted molar refractivity (Wildman–Crippen MR) is 73.7 cm³/mol. The molecule has 1 heterocycles. The van der Waals surface area contributed by atoms with E-state index in [1.54, 1.807) is 17.6 Å². The Morgan fingerprint density at radius 2 is 2.05 bits per heavy atom. The number of nitrogens with one attached hydrogen (secondary N) is 1. The average molecular weight is 300 g/mol. The van der Waals surface area contributed by atoms with E-state index in [1.165, 1.54) is 23.5 Å². The molecule has 0 radical (unpaired) electrons. The smallest absolute Gasteiger partial charge is 0.304 e. The van der Waals surface area contributed by atoms with Gasteiger partial charge in [-0.1, -0.05) is 25.1 Å². The van der Waals surface area contributed by atoms with Gasteiger partial charge in [-0.05, 0) is 24.6 Å². The third-order valence-electron chi connectivity index (χ3n) is 2.87. The first-order valence-electron chi connectivity index (χ1n) is 6.33. The molecule has 0 spiro atoms. The van der Waals surface area contributed by atoms with Gasteiger partial charge in [0.25, 0.3) is 0 Å². The van der Waals surface area contributed by atoms with Crippen molar-refractivity contribution in [2.45, 2.75) is 25.6 Å². The van der Waals surface area contributed by atoms with Gasteiger partial charge in [0.2, 0.25) is 0 Å². The van der Waals surface area contributed by atoms with Crippen molar-refractivity contribution in [3.63, 3.8) is 0 Å². The second-order valence-corrected chi connectivity index (χ2v) is 5.27. The Labute approximate surface area is 119 Å². The minimum absolute atomic E-state index is 0.225. The molecule has 6 heteroatoms. The number of hydrogen-bond donors (Lipinski definition) is 1. The molecule has 1 N–H and O–H groups in total. The molecule has 0 aliphatic heterocycles. The lowest BCUT2D eigenvalue weighted by Gasteiger charge is -2.21. The molecule has 2 nitrogen and oxygen atoms in total. The Morgan fingerprint density at radius 3 is 2.65 bits per heavy atom. The summed E-state index contributed by atoms with van der Waals surface area (Å²) in [6, 6.07) is 5.14. The van der Waals surface area contributed by atoms with E-state index in [4.69, 9.17) is 0 Å². The maximum atomic E-state index is 13.1. The van der Waals surface area contributed by atoms with Crippen molar-refractivity contribution < 1.29 is 13.2 Å². The van der Waals surface area contributed by atoms with Gasteiger partial charge in [0.15, 0.2) is 0 Å². The Balaban J connectivity index is 2.44. The van der Waals surface area contributed by atoms with Gasteiger partial charge in [0.1, 0.15) is 5.01 Å². The van der Waals surface area contributed by atoms with Crippen LogP contribution in [-0.4, -0.2) is 11.5 Å². The molecular weight excluding hydrogens is 285 g/mol. The normalized spacial score (nSPS) is 13.4. The summed E-state index contributed by atoms with van der Waals surface area (Å²) in [5, 5.41) is 5.57. The van der Waals surface area contributed by atoms with E-state index in [2.05, 4.69) is 10.3 Å². The van der Waals surface area contributed by atoms with Crippen LogP contribution in [0.5, 0.6) is 0 Å². The van der Waals surface area contributed by atoms with Crippen molar-refractivity contribution in [2.75, 3.05) is 6.54 Å². The Kier molecular flexibility index (Phi) is 4.77. The second kappa shape index (κ2) is 6.37. The van der Waals surface area contributed by atoms with Crippen LogP contribution in [0.25, 0.3) is 0 Å². The maximum absolute atomic E-state index is 13.1. The number of thiazole rings is 1. The zero-order chi connectivity index (χ0) is 14.6. The summed E-state index contributed by atoms with van der Waals surface area (Å²) in [7, 11) is 0. The molecule has 0 amide bonds. The highest BCUT2D eigenvalue weighted by molar-refractivity contribution is 7.09. The fourth-order valence-corrected chi connectivity index (χ4v) is 2.73. The van der Waals surface area contributed by atoms with E-state index in [1.807, 2.05) is 6.92 Å². The highest BCUT2D eigenvalue weighted by Gasteiger charge is 2.35. The van der Waals surface area contributed by atoms with Gasteiger partial charge in [0, 0.05) is 11.6 Å². The van der Waals surface area contributed by atoms with E-state index in [0.717, 1.165) is 12.5 Å². The van der Waals surface area contributed by atoms with Crippen LogP contribution in [0.2, 0.25) is 0 Å². The fourth-order valence-electron chi connectivity index (χ4n) is 2.00. The van der Waals surface area contributed by atoms with Crippen LogP contribution in [0, 0.1) is 0 Å². The molecule has 0 saturated heterocycles. The predicted octanol–water partition coefficient (Wildman–Crippen LogP) is 4.25. The first kappa shape index (κ1) is 15.0. The molecule has 0 aliphatic carbocycles. The van der Waals surface area contributed by atoms with Crippen LogP contribution < -0.4 is 5.32 Å². The molecule has 1 unspecified atom stereocenters. The number of halogens is 3. The van der Waals surface area contributed by atoms with Crippen molar-refractivity contribution in [3.05, 3.63) is 52.0 Å². The van der Waals surface area contributed by atoms with Crippen LogP contribution >= 0.6 is 11.3 Å². The largest absolute Gasteiger partial charge is 0.416 e. The number of benzene rings is 1. The van der Waals surface area contributed by atoms with E-state index >= 15 is 0 Å². The molecular formula is C14H15F3N2S. The van der Waals surface area contributed by atoms with Crippen LogP contribution in [-0.2, 0) is 6.18 Å². The van der Waals surface area contributed by atoms with Crippen molar-refractivity contribution in [1.82, 2.24) is 10.3 Å². The van der Waals surface area contributed by atoms with Gasteiger partial charge in [-0.15, -0.1) is 11.3 Å². The molecule has 1 atom stereocenters.